The van der Waals surface area contributed by atoms with Gasteiger partial charge in [0.25, 0.3) is 11.8 Å². The molecule has 11 nitrogen and oxygen atoms in total. The van der Waals surface area contributed by atoms with Crippen molar-refractivity contribution in [3.63, 3.8) is 0 Å². The molecule has 14 heteroatoms. The molecule has 0 radical (unpaired) electrons. The molecule has 0 unspecified atom stereocenters. The number of carbonyl (C=O) groups excluding carboxylic acids is 3. The Labute approximate surface area is 195 Å². The number of nitrogens with zero attached hydrogens (tertiary/aromatic N) is 3. The van der Waals surface area contributed by atoms with Crippen LogP contribution in [0.3, 0.4) is 0 Å². The van der Waals surface area contributed by atoms with E-state index in [9.17, 15) is 24.3 Å². The lowest BCUT2D eigenvalue weighted by atomic mass is 10.0. The van der Waals surface area contributed by atoms with Crippen molar-refractivity contribution in [1.82, 2.24) is 15.2 Å². The predicted octanol–water partition coefficient (Wildman–Crippen LogP) is 0.820. The third kappa shape index (κ3) is 4.19. The van der Waals surface area contributed by atoms with Crippen molar-refractivity contribution in [2.45, 2.75) is 24.3 Å². The first-order chi connectivity index (χ1) is 15.3. The van der Waals surface area contributed by atoms with E-state index in [1.54, 1.807) is 0 Å². The number of hydrogen-bond donors (Lipinski definition) is 3. The summed E-state index contributed by atoms with van der Waals surface area (Å²) in [7, 11) is 1.26. The Morgan fingerprint density at radius 3 is 2.78 bits per heavy atom. The highest BCUT2D eigenvalue weighted by atomic mass is 35.5. The van der Waals surface area contributed by atoms with Crippen LogP contribution in [0, 0.1) is 5.92 Å². The molecular formula is C18H18ClN5O6S2. The lowest BCUT2D eigenvalue weighted by molar-refractivity contribution is -0.150. The standard InChI is InChI=1S/C18H18ClN5O6S2/c1-30-23-11(9-6-32-18(20-9)21-10(25)4-19)14(26)22-12-15(27)24-13(17(28)29)8(7-2-3-7)5-31-16(12)24/h6-7,12,16H,2-5H2,1H3,(H,22,26)(H,28,29)(H,20,21,25)/b23-11-/t12-,16-/m1/s1. The Kier molecular flexibility index (Phi) is 6.40. The van der Waals surface area contributed by atoms with Gasteiger partial charge in [-0.15, -0.1) is 34.7 Å². The van der Waals surface area contributed by atoms with Gasteiger partial charge >= 0.3 is 5.97 Å². The van der Waals surface area contributed by atoms with Gasteiger partial charge in [-0.25, -0.2) is 9.78 Å². The molecular weight excluding hydrogens is 482 g/mol. The van der Waals surface area contributed by atoms with Gasteiger partial charge < -0.3 is 20.6 Å². The third-order valence-corrected chi connectivity index (χ3v) is 7.37. The molecule has 170 valence electrons. The van der Waals surface area contributed by atoms with Crippen LogP contribution in [0.15, 0.2) is 21.8 Å². The topological polar surface area (TPSA) is 150 Å². The molecule has 2 atom stereocenters. The zero-order chi connectivity index (χ0) is 23.0. The Hall–Kier alpha value is -2.64. The zero-order valence-electron chi connectivity index (χ0n) is 16.7. The van der Waals surface area contributed by atoms with E-state index < -0.39 is 35.1 Å². The number of alkyl halides is 1. The van der Waals surface area contributed by atoms with E-state index in [-0.39, 0.29) is 34.0 Å². The number of carbonyl (C=O) groups is 4. The number of fused-ring (bicyclic) bond motifs is 1. The maximum absolute atomic E-state index is 12.9. The summed E-state index contributed by atoms with van der Waals surface area (Å²) in [4.78, 5) is 59.0. The van der Waals surface area contributed by atoms with Gasteiger partial charge in [-0.1, -0.05) is 5.16 Å². The van der Waals surface area contributed by atoms with Crippen molar-refractivity contribution >= 4 is 69.2 Å². The molecule has 2 fully saturated rings. The number of aliphatic carboxylic acids is 1. The number of hydrogen-bond acceptors (Lipinski definition) is 9. The van der Waals surface area contributed by atoms with Gasteiger partial charge in [-0.2, -0.15) is 0 Å². The molecule has 0 spiro atoms. The van der Waals surface area contributed by atoms with Crippen LogP contribution in [0.25, 0.3) is 0 Å². The second-order valence-corrected chi connectivity index (χ2v) is 9.39. The number of rotatable bonds is 8. The van der Waals surface area contributed by atoms with Gasteiger partial charge in [0, 0.05) is 11.1 Å². The molecule has 1 saturated carbocycles. The van der Waals surface area contributed by atoms with Crippen LogP contribution >= 0.6 is 34.7 Å². The van der Waals surface area contributed by atoms with E-state index in [0.717, 1.165) is 29.8 Å². The molecule has 1 aliphatic carbocycles. The average Bonchev–Trinajstić information content (AvgIpc) is 3.53. The molecule has 1 aromatic rings. The van der Waals surface area contributed by atoms with Gasteiger partial charge in [0.1, 0.15) is 35.8 Å². The first kappa shape index (κ1) is 22.6. The van der Waals surface area contributed by atoms with Gasteiger partial charge in [-0.05, 0) is 24.3 Å². The number of carboxylic acid groups (broad SMARTS) is 1. The fourth-order valence-electron chi connectivity index (χ4n) is 3.49. The molecule has 3 amide bonds. The lowest BCUT2D eigenvalue weighted by Gasteiger charge is -2.49. The number of thioether (sulfide) groups is 1. The smallest absolute Gasteiger partial charge is 0.352 e. The molecule has 1 saturated heterocycles. The third-order valence-electron chi connectivity index (χ3n) is 5.07. The summed E-state index contributed by atoms with van der Waals surface area (Å²) < 4.78 is 0. The SMILES string of the molecule is CO/N=C(\C(=O)N[C@@H]1C(=O)N2C(C(=O)O)=C(C3CC3)CS[C@H]12)c1csc(NC(=O)CCl)n1. The highest BCUT2D eigenvalue weighted by molar-refractivity contribution is 8.00. The van der Waals surface area contributed by atoms with E-state index in [2.05, 4.69) is 20.8 Å². The number of anilines is 1. The monoisotopic (exact) mass is 499 g/mol. The number of halogens is 1. The number of nitrogens with one attached hydrogen (secondary N) is 2. The molecule has 4 rings (SSSR count). The maximum atomic E-state index is 12.9. The zero-order valence-corrected chi connectivity index (χ0v) is 19.1. The Morgan fingerprint density at radius 2 is 2.16 bits per heavy atom. The predicted molar refractivity (Wildman–Crippen MR) is 117 cm³/mol. The summed E-state index contributed by atoms with van der Waals surface area (Å²) in [6, 6.07) is -0.904. The Morgan fingerprint density at radius 1 is 1.41 bits per heavy atom. The van der Waals surface area contributed by atoms with E-state index in [1.807, 2.05) is 0 Å². The van der Waals surface area contributed by atoms with Crippen LogP contribution in [0.1, 0.15) is 18.5 Å². The second kappa shape index (κ2) is 9.08. The Bertz CT molecular complexity index is 1050. The average molecular weight is 500 g/mol. The van der Waals surface area contributed by atoms with E-state index in [1.165, 1.54) is 29.2 Å². The van der Waals surface area contributed by atoms with Crippen LogP contribution in [-0.2, 0) is 24.0 Å². The number of aromatic nitrogens is 1. The lowest BCUT2D eigenvalue weighted by Crippen LogP contribution is -2.71. The molecule has 0 bridgehead atoms. The van der Waals surface area contributed by atoms with Crippen molar-refractivity contribution in [2.75, 3.05) is 24.1 Å². The summed E-state index contributed by atoms with van der Waals surface area (Å²) >= 11 is 7.95. The van der Waals surface area contributed by atoms with Crippen molar-refractivity contribution in [1.29, 1.82) is 0 Å². The summed E-state index contributed by atoms with van der Waals surface area (Å²) in [5, 5.41) is 19.6. The minimum absolute atomic E-state index is 0.0386. The van der Waals surface area contributed by atoms with Crippen LogP contribution < -0.4 is 10.6 Å². The normalized spacial score (nSPS) is 22.8. The van der Waals surface area contributed by atoms with Crippen LogP contribution in [0.2, 0.25) is 0 Å². The largest absolute Gasteiger partial charge is 0.477 e. The molecule has 1 aromatic heterocycles. The molecule has 3 heterocycles. The highest BCUT2D eigenvalue weighted by Gasteiger charge is 2.55. The number of thiazole rings is 1. The Balaban J connectivity index is 1.49. The number of oxime groups is 1. The first-order valence-electron chi connectivity index (χ1n) is 9.50. The summed E-state index contributed by atoms with van der Waals surface area (Å²) in [5.74, 6) is -2.31. The molecule has 32 heavy (non-hydrogen) atoms. The van der Waals surface area contributed by atoms with Gasteiger partial charge in [-0.3, -0.25) is 19.3 Å². The first-order valence-corrected chi connectivity index (χ1v) is 12.0. The summed E-state index contributed by atoms with van der Waals surface area (Å²) in [5.41, 5.74) is 0.778. The fraction of sp³-hybridized carbons (Fsp3) is 0.444. The van der Waals surface area contributed by atoms with Crippen molar-refractivity contribution in [3.8, 4) is 0 Å². The molecule has 0 aromatic carbocycles. The van der Waals surface area contributed by atoms with Gasteiger partial charge in [0.15, 0.2) is 10.8 Å². The van der Waals surface area contributed by atoms with E-state index >= 15 is 0 Å². The molecule has 2 aliphatic heterocycles. The second-order valence-electron chi connectivity index (χ2n) is 7.16. The van der Waals surface area contributed by atoms with Crippen molar-refractivity contribution in [2.24, 2.45) is 11.1 Å². The van der Waals surface area contributed by atoms with Crippen LogP contribution in [-0.4, -0.2) is 74.6 Å². The minimum Gasteiger partial charge on any atom is -0.477 e. The van der Waals surface area contributed by atoms with Gasteiger partial charge in [0.2, 0.25) is 5.91 Å². The van der Waals surface area contributed by atoms with Crippen LogP contribution in [0.5, 0.6) is 0 Å². The quantitative estimate of drug-likeness (QED) is 0.206. The summed E-state index contributed by atoms with van der Waals surface area (Å²) in [6.07, 6.45) is 1.86. The van der Waals surface area contributed by atoms with E-state index in [4.69, 9.17) is 16.4 Å². The maximum Gasteiger partial charge on any atom is 0.352 e. The fourth-order valence-corrected chi connectivity index (χ4v) is 5.72. The van der Waals surface area contributed by atoms with Gasteiger partial charge in [0.05, 0.1) is 0 Å². The molecule has 3 aliphatic rings. The highest BCUT2D eigenvalue weighted by Crippen LogP contribution is 2.47. The van der Waals surface area contributed by atoms with E-state index in [0.29, 0.717) is 5.75 Å². The molecule has 3 N–H and O–H groups in total. The minimum atomic E-state index is -1.13. The number of amides is 3. The van der Waals surface area contributed by atoms with Crippen LogP contribution in [0.4, 0.5) is 5.13 Å². The number of carboxylic acids is 1. The number of β-lactam (4-membered cyclic amide) rings is 1. The summed E-state index contributed by atoms with van der Waals surface area (Å²) in [6.45, 7) is 0. The van der Waals surface area contributed by atoms with Crippen molar-refractivity contribution < 1.29 is 29.1 Å². The van der Waals surface area contributed by atoms with Crippen molar-refractivity contribution in [3.05, 3.63) is 22.3 Å².